The Morgan fingerprint density at radius 2 is 1.96 bits per heavy atom. The number of amides is 2. The number of nitrogens with zero attached hydrogens (tertiary/aromatic N) is 1. The van der Waals surface area contributed by atoms with Crippen LogP contribution in [0.3, 0.4) is 0 Å². The van der Waals surface area contributed by atoms with Crippen LogP contribution >= 0.6 is 0 Å². The molecule has 2 aromatic carbocycles. The van der Waals surface area contributed by atoms with E-state index in [-0.39, 0.29) is 24.2 Å². The average Bonchev–Trinajstić information content (AvgIpc) is 3.33. The number of aryl methyl sites for hydroxylation is 2. The standard InChI is InChI=1S/C24H28N2O2/c1-3-16(2)21-9-4-5-10-22(21)26-15-19(14-23(26)27)24(28)25-20-12-11-17-7-6-8-18(17)13-20/h4-5,9-13,16,19H,3,6-8,14-15H2,1-2H3,(H,25,28)/t16-,19+/m1/s1. The van der Waals surface area contributed by atoms with Gasteiger partial charge in [-0.15, -0.1) is 0 Å². The van der Waals surface area contributed by atoms with Crippen molar-refractivity contribution >= 4 is 23.2 Å². The van der Waals surface area contributed by atoms with Crippen LogP contribution in [0, 0.1) is 5.92 Å². The first-order valence-electron chi connectivity index (χ1n) is 10.4. The molecule has 146 valence electrons. The van der Waals surface area contributed by atoms with Crippen LogP contribution in [0.1, 0.15) is 55.7 Å². The highest BCUT2D eigenvalue weighted by Gasteiger charge is 2.36. The first kappa shape index (κ1) is 18.7. The summed E-state index contributed by atoms with van der Waals surface area (Å²) in [5, 5.41) is 3.04. The van der Waals surface area contributed by atoms with Gasteiger partial charge in [0.2, 0.25) is 11.8 Å². The maximum Gasteiger partial charge on any atom is 0.229 e. The highest BCUT2D eigenvalue weighted by atomic mass is 16.2. The number of fused-ring (bicyclic) bond motifs is 1. The molecule has 0 spiro atoms. The van der Waals surface area contributed by atoms with Gasteiger partial charge in [0, 0.05) is 24.3 Å². The third-order valence-corrected chi connectivity index (χ3v) is 6.23. The summed E-state index contributed by atoms with van der Waals surface area (Å²) in [5.74, 6) is 0.0358. The zero-order chi connectivity index (χ0) is 19.7. The Morgan fingerprint density at radius 1 is 1.18 bits per heavy atom. The maximum absolute atomic E-state index is 12.8. The molecule has 2 amide bonds. The molecule has 2 aromatic rings. The van der Waals surface area contributed by atoms with E-state index in [0.29, 0.717) is 12.5 Å². The highest BCUT2D eigenvalue weighted by Crippen LogP contribution is 2.34. The van der Waals surface area contributed by atoms with Gasteiger partial charge in [-0.25, -0.2) is 0 Å². The molecule has 1 aliphatic heterocycles. The van der Waals surface area contributed by atoms with E-state index in [1.54, 1.807) is 4.90 Å². The molecule has 2 atom stereocenters. The third kappa shape index (κ3) is 3.56. The number of para-hydroxylation sites is 1. The average molecular weight is 377 g/mol. The smallest absolute Gasteiger partial charge is 0.229 e. The van der Waals surface area contributed by atoms with E-state index in [4.69, 9.17) is 0 Å². The van der Waals surface area contributed by atoms with Gasteiger partial charge in [0.1, 0.15) is 0 Å². The van der Waals surface area contributed by atoms with Crippen LogP contribution in [0.15, 0.2) is 42.5 Å². The Kier molecular flexibility index (Phi) is 5.21. The molecule has 1 saturated heterocycles. The molecule has 4 nitrogen and oxygen atoms in total. The Labute approximate surface area is 166 Å². The van der Waals surface area contributed by atoms with E-state index < -0.39 is 0 Å². The van der Waals surface area contributed by atoms with Crippen LogP contribution in [-0.4, -0.2) is 18.4 Å². The topological polar surface area (TPSA) is 49.4 Å². The van der Waals surface area contributed by atoms with E-state index >= 15 is 0 Å². The van der Waals surface area contributed by atoms with Crippen LogP contribution < -0.4 is 10.2 Å². The molecule has 1 fully saturated rings. The number of hydrogen-bond acceptors (Lipinski definition) is 2. The number of benzene rings is 2. The van der Waals surface area contributed by atoms with Crippen LogP contribution in [0.4, 0.5) is 11.4 Å². The van der Waals surface area contributed by atoms with Crippen molar-refractivity contribution in [3.8, 4) is 0 Å². The SMILES string of the molecule is CC[C@@H](C)c1ccccc1N1C[C@@H](C(=O)Nc2ccc3c(c2)CCC3)CC1=O. The largest absolute Gasteiger partial charge is 0.326 e. The van der Waals surface area contributed by atoms with Gasteiger partial charge in [0.15, 0.2) is 0 Å². The molecule has 0 unspecified atom stereocenters. The summed E-state index contributed by atoms with van der Waals surface area (Å²) in [6.07, 6.45) is 4.69. The molecule has 0 aromatic heterocycles. The number of rotatable bonds is 5. The summed E-state index contributed by atoms with van der Waals surface area (Å²) in [5.41, 5.74) is 5.70. The molecule has 0 saturated carbocycles. The molecular formula is C24H28N2O2. The van der Waals surface area contributed by atoms with Crippen LogP contribution in [0.25, 0.3) is 0 Å². The number of carbonyl (C=O) groups excluding carboxylic acids is 2. The van der Waals surface area contributed by atoms with Crippen LogP contribution in [-0.2, 0) is 22.4 Å². The normalized spacial score (nSPS) is 19.6. The molecule has 2 aliphatic rings. The predicted octanol–water partition coefficient (Wildman–Crippen LogP) is 4.68. The summed E-state index contributed by atoms with van der Waals surface area (Å²) < 4.78 is 0. The summed E-state index contributed by atoms with van der Waals surface area (Å²) in [6.45, 7) is 4.78. The van der Waals surface area contributed by atoms with Gasteiger partial charge in [0.25, 0.3) is 0 Å². The first-order chi connectivity index (χ1) is 13.6. The van der Waals surface area contributed by atoms with Gasteiger partial charge in [0.05, 0.1) is 5.92 Å². The van der Waals surface area contributed by atoms with Crippen molar-refractivity contribution in [1.29, 1.82) is 0 Å². The second-order valence-corrected chi connectivity index (χ2v) is 8.10. The van der Waals surface area contributed by atoms with Crippen molar-refractivity contribution < 1.29 is 9.59 Å². The first-order valence-corrected chi connectivity index (χ1v) is 10.4. The van der Waals surface area contributed by atoms with Crippen molar-refractivity contribution in [2.45, 2.75) is 51.9 Å². The fraction of sp³-hybridized carbons (Fsp3) is 0.417. The van der Waals surface area contributed by atoms with E-state index in [9.17, 15) is 9.59 Å². The molecule has 1 N–H and O–H groups in total. The van der Waals surface area contributed by atoms with E-state index in [2.05, 4.69) is 37.4 Å². The van der Waals surface area contributed by atoms with Gasteiger partial charge in [-0.3, -0.25) is 9.59 Å². The number of nitrogens with one attached hydrogen (secondary N) is 1. The summed E-state index contributed by atoms with van der Waals surface area (Å²) in [6, 6.07) is 14.3. The lowest BCUT2D eigenvalue weighted by molar-refractivity contribution is -0.122. The third-order valence-electron chi connectivity index (χ3n) is 6.23. The monoisotopic (exact) mass is 376 g/mol. The Balaban J connectivity index is 1.48. The zero-order valence-electron chi connectivity index (χ0n) is 16.7. The Morgan fingerprint density at radius 3 is 2.79 bits per heavy atom. The van der Waals surface area contributed by atoms with E-state index in [1.165, 1.54) is 23.1 Å². The number of carbonyl (C=O) groups is 2. The van der Waals surface area contributed by atoms with Crippen molar-refractivity contribution in [1.82, 2.24) is 0 Å². The molecule has 28 heavy (non-hydrogen) atoms. The Hall–Kier alpha value is -2.62. The van der Waals surface area contributed by atoms with Gasteiger partial charge in [-0.1, -0.05) is 38.1 Å². The fourth-order valence-corrected chi connectivity index (χ4v) is 4.38. The van der Waals surface area contributed by atoms with Gasteiger partial charge in [-0.2, -0.15) is 0 Å². The molecule has 4 heteroatoms. The van der Waals surface area contributed by atoms with Gasteiger partial charge < -0.3 is 10.2 Å². The second kappa shape index (κ2) is 7.78. The zero-order valence-corrected chi connectivity index (χ0v) is 16.7. The molecule has 0 radical (unpaired) electrons. The Bertz CT molecular complexity index is 905. The minimum Gasteiger partial charge on any atom is -0.326 e. The molecule has 0 bridgehead atoms. The van der Waals surface area contributed by atoms with Gasteiger partial charge >= 0.3 is 0 Å². The summed E-state index contributed by atoms with van der Waals surface area (Å²) >= 11 is 0. The van der Waals surface area contributed by atoms with E-state index in [1.807, 2.05) is 24.3 Å². The number of anilines is 2. The predicted molar refractivity (Wildman–Crippen MR) is 113 cm³/mol. The maximum atomic E-state index is 12.8. The summed E-state index contributed by atoms with van der Waals surface area (Å²) in [4.78, 5) is 27.3. The summed E-state index contributed by atoms with van der Waals surface area (Å²) in [7, 11) is 0. The van der Waals surface area contributed by atoms with E-state index in [0.717, 1.165) is 30.6 Å². The molecule has 1 heterocycles. The van der Waals surface area contributed by atoms with Crippen molar-refractivity contribution in [2.24, 2.45) is 5.92 Å². The van der Waals surface area contributed by atoms with Crippen LogP contribution in [0.5, 0.6) is 0 Å². The quantitative estimate of drug-likeness (QED) is 0.824. The molecule has 4 rings (SSSR count). The van der Waals surface area contributed by atoms with Crippen molar-refractivity contribution in [3.05, 3.63) is 59.2 Å². The van der Waals surface area contributed by atoms with Crippen molar-refractivity contribution in [3.63, 3.8) is 0 Å². The lowest BCUT2D eigenvalue weighted by Gasteiger charge is -2.23. The minimum absolute atomic E-state index is 0.0323. The van der Waals surface area contributed by atoms with Crippen molar-refractivity contribution in [2.75, 3.05) is 16.8 Å². The molecular weight excluding hydrogens is 348 g/mol. The second-order valence-electron chi connectivity index (χ2n) is 8.10. The highest BCUT2D eigenvalue weighted by molar-refractivity contribution is 6.04. The van der Waals surface area contributed by atoms with Gasteiger partial charge in [-0.05, 0) is 66.5 Å². The minimum atomic E-state index is -0.314. The number of hydrogen-bond donors (Lipinski definition) is 1. The lowest BCUT2D eigenvalue weighted by Crippen LogP contribution is -2.29. The fourth-order valence-electron chi connectivity index (χ4n) is 4.38. The molecule has 1 aliphatic carbocycles. The van der Waals surface area contributed by atoms with Crippen LogP contribution in [0.2, 0.25) is 0 Å². The lowest BCUT2D eigenvalue weighted by atomic mass is 9.96.